The van der Waals surface area contributed by atoms with Gasteiger partial charge in [0.05, 0.1) is 26.9 Å². The summed E-state index contributed by atoms with van der Waals surface area (Å²) in [6.07, 6.45) is 7.40. The average Bonchev–Trinajstić information content (AvgIpc) is 3.54. The lowest BCUT2D eigenvalue weighted by Crippen LogP contribution is -2.30. The second kappa shape index (κ2) is 19.1. The van der Waals surface area contributed by atoms with Gasteiger partial charge in [0.15, 0.2) is 0 Å². The Morgan fingerprint density at radius 3 is 2.21 bits per heavy atom. The molecule has 3 amide bonds. The number of rotatable bonds is 13. The molecule has 56 heavy (non-hydrogen) atoms. The van der Waals surface area contributed by atoms with Gasteiger partial charge < -0.3 is 30.2 Å². The van der Waals surface area contributed by atoms with Crippen molar-refractivity contribution in [2.75, 3.05) is 32.0 Å². The first kappa shape index (κ1) is 39.8. The zero-order chi connectivity index (χ0) is 39.4. The molecule has 0 saturated heterocycles. The molecular weight excluding hydrogens is 747 g/mol. The molecule has 0 fully saturated rings. The molecule has 0 saturated carbocycles. The number of hydrogen-bond acceptors (Lipinski definition) is 9. The van der Waals surface area contributed by atoms with Crippen LogP contribution < -0.4 is 25.4 Å². The fourth-order valence-corrected chi connectivity index (χ4v) is 8.78. The van der Waals surface area contributed by atoms with Gasteiger partial charge in [-0.25, -0.2) is 4.79 Å². The van der Waals surface area contributed by atoms with Crippen LogP contribution in [0.25, 0.3) is 6.08 Å². The number of carbonyl (C=O) groups excluding carboxylic acids is 4. The Labute approximate surface area is 334 Å². The summed E-state index contributed by atoms with van der Waals surface area (Å²) in [6, 6.07) is 30.3. The lowest BCUT2D eigenvalue weighted by atomic mass is 9.96. The van der Waals surface area contributed by atoms with Gasteiger partial charge in [0, 0.05) is 32.7 Å². The Morgan fingerprint density at radius 1 is 0.768 bits per heavy atom. The number of fused-ring (bicyclic) bond motifs is 1. The molecule has 3 N–H and O–H groups in total. The van der Waals surface area contributed by atoms with E-state index in [9.17, 15) is 19.2 Å². The average molecular weight is 790 g/mol. The highest BCUT2D eigenvalue weighted by atomic mass is 32.2. The first-order valence-corrected chi connectivity index (χ1v) is 19.9. The number of anilines is 2. The fraction of sp³-hybridized carbons (Fsp3) is 0.227. The number of hydrogen-bond donors (Lipinski definition) is 3. The first-order chi connectivity index (χ1) is 27.3. The summed E-state index contributed by atoms with van der Waals surface area (Å²) in [5, 5.41) is 8.57. The van der Waals surface area contributed by atoms with E-state index in [2.05, 4.69) is 16.0 Å². The highest BCUT2D eigenvalue weighted by Gasteiger charge is 2.29. The molecule has 1 aliphatic rings. The quantitative estimate of drug-likeness (QED) is 0.0612. The Balaban J connectivity index is 1.27. The Kier molecular flexibility index (Phi) is 13.6. The largest absolute Gasteiger partial charge is 0.497 e. The van der Waals surface area contributed by atoms with Crippen LogP contribution in [0.3, 0.4) is 0 Å². The first-order valence-electron chi connectivity index (χ1n) is 18.2. The van der Waals surface area contributed by atoms with E-state index in [1.54, 1.807) is 73.8 Å². The van der Waals surface area contributed by atoms with Crippen LogP contribution in [0.5, 0.6) is 11.5 Å². The molecule has 0 radical (unpaired) electrons. The summed E-state index contributed by atoms with van der Waals surface area (Å²) >= 11 is 2.77. The predicted molar refractivity (Wildman–Crippen MR) is 222 cm³/mol. The zero-order valence-electron chi connectivity index (χ0n) is 31.4. The maximum absolute atomic E-state index is 14.3. The molecule has 1 aromatic heterocycles. The molecule has 0 bridgehead atoms. The summed E-state index contributed by atoms with van der Waals surface area (Å²) in [5.41, 5.74) is 3.53. The van der Waals surface area contributed by atoms with Crippen molar-refractivity contribution in [3.63, 3.8) is 0 Å². The number of methoxy groups -OCH3 is 3. The van der Waals surface area contributed by atoms with E-state index < -0.39 is 23.0 Å². The van der Waals surface area contributed by atoms with Crippen LogP contribution in [-0.4, -0.2) is 45.0 Å². The van der Waals surface area contributed by atoms with E-state index in [-0.39, 0.29) is 11.6 Å². The van der Waals surface area contributed by atoms with Crippen LogP contribution in [0.1, 0.15) is 73.2 Å². The maximum Gasteiger partial charge on any atom is 0.341 e. The second-order valence-electron chi connectivity index (χ2n) is 13.0. The third kappa shape index (κ3) is 9.87. The SMILES string of the molecule is COC(=O)c1c(NC(=O)C(Sc2cccc(NC(=O)/C(=C\c3ccc(OC)cc3OC)NC(=O)c3ccccc3)c2)c2ccccc2)sc2c1CCCCCC2. The van der Waals surface area contributed by atoms with Crippen molar-refractivity contribution in [2.45, 2.75) is 48.7 Å². The maximum atomic E-state index is 14.3. The number of amides is 3. The van der Waals surface area contributed by atoms with Crippen molar-refractivity contribution < 1.29 is 33.4 Å². The molecule has 1 unspecified atom stereocenters. The number of carbonyl (C=O) groups is 4. The van der Waals surface area contributed by atoms with E-state index in [0.29, 0.717) is 43.8 Å². The summed E-state index contributed by atoms with van der Waals surface area (Å²) in [7, 11) is 4.42. The van der Waals surface area contributed by atoms with E-state index in [4.69, 9.17) is 14.2 Å². The van der Waals surface area contributed by atoms with Gasteiger partial charge in [0.2, 0.25) is 5.91 Å². The third-order valence-electron chi connectivity index (χ3n) is 9.25. The van der Waals surface area contributed by atoms with Gasteiger partial charge in [-0.05, 0) is 85.4 Å². The number of aryl methyl sites for hydroxylation is 1. The molecule has 1 heterocycles. The normalized spacial score (nSPS) is 13.2. The molecule has 6 rings (SSSR count). The van der Waals surface area contributed by atoms with Crippen LogP contribution in [0.2, 0.25) is 0 Å². The van der Waals surface area contributed by atoms with Crippen molar-refractivity contribution >= 4 is 63.6 Å². The topological polar surface area (TPSA) is 132 Å². The monoisotopic (exact) mass is 789 g/mol. The minimum Gasteiger partial charge on any atom is -0.497 e. The highest BCUT2D eigenvalue weighted by molar-refractivity contribution is 8.00. The van der Waals surface area contributed by atoms with Crippen LogP contribution in [0.15, 0.2) is 114 Å². The fourth-order valence-electron chi connectivity index (χ4n) is 6.42. The van der Waals surface area contributed by atoms with Crippen molar-refractivity contribution in [1.82, 2.24) is 5.32 Å². The van der Waals surface area contributed by atoms with Gasteiger partial charge in [0.25, 0.3) is 11.8 Å². The zero-order valence-corrected chi connectivity index (χ0v) is 33.0. The second-order valence-corrected chi connectivity index (χ2v) is 15.3. The molecular formula is C44H43N3O7S2. The van der Waals surface area contributed by atoms with Gasteiger partial charge in [-0.2, -0.15) is 0 Å². The summed E-state index contributed by atoms with van der Waals surface area (Å²) < 4.78 is 16.1. The van der Waals surface area contributed by atoms with E-state index in [1.165, 1.54) is 43.4 Å². The van der Waals surface area contributed by atoms with Crippen LogP contribution >= 0.6 is 23.1 Å². The molecule has 1 atom stereocenters. The molecule has 0 aliphatic heterocycles. The van der Waals surface area contributed by atoms with E-state index in [0.717, 1.165) is 54.5 Å². The van der Waals surface area contributed by atoms with Gasteiger partial charge in [-0.3, -0.25) is 14.4 Å². The molecule has 1 aliphatic carbocycles. The molecule has 5 aromatic rings. The minimum atomic E-state index is -0.708. The van der Waals surface area contributed by atoms with Crippen molar-refractivity contribution in [1.29, 1.82) is 0 Å². The van der Waals surface area contributed by atoms with Gasteiger partial charge in [0.1, 0.15) is 27.4 Å². The van der Waals surface area contributed by atoms with Crippen LogP contribution in [-0.2, 0) is 27.2 Å². The van der Waals surface area contributed by atoms with Crippen LogP contribution in [0, 0.1) is 0 Å². The lowest BCUT2D eigenvalue weighted by Gasteiger charge is -2.18. The predicted octanol–water partition coefficient (Wildman–Crippen LogP) is 9.09. The summed E-state index contributed by atoms with van der Waals surface area (Å²) in [6.45, 7) is 0. The van der Waals surface area contributed by atoms with Crippen molar-refractivity contribution in [2.24, 2.45) is 0 Å². The van der Waals surface area contributed by atoms with Crippen molar-refractivity contribution in [3.8, 4) is 11.5 Å². The van der Waals surface area contributed by atoms with Crippen molar-refractivity contribution in [3.05, 3.63) is 142 Å². The van der Waals surface area contributed by atoms with Crippen LogP contribution in [0.4, 0.5) is 10.7 Å². The summed E-state index contributed by atoms with van der Waals surface area (Å²) in [4.78, 5) is 56.4. The minimum absolute atomic E-state index is 0.0200. The standard InChI is InChI=1S/C44H43N3O7S2/c1-52-32-24-23-30(36(27-32)53-2)25-35(46-40(48)29-17-10-7-11-18-29)41(49)45-31-19-14-20-33(26-31)55-39(28-15-8-6-9-16-28)42(50)47-43-38(44(51)54-3)34-21-12-4-5-13-22-37(34)56-43/h6-11,14-20,23-27,39H,4-5,12-13,21-22H2,1-3H3,(H,45,49)(H,46,48)(H,47,50)/b35-25+. The number of thioether (sulfide) groups is 1. The number of nitrogens with one attached hydrogen (secondary N) is 3. The Hall–Kier alpha value is -5.85. The molecule has 12 heteroatoms. The number of ether oxygens (including phenoxy) is 3. The number of thiophene rings is 1. The smallest absolute Gasteiger partial charge is 0.341 e. The summed E-state index contributed by atoms with van der Waals surface area (Å²) in [5.74, 6) is -0.773. The molecule has 288 valence electrons. The molecule has 4 aromatic carbocycles. The highest BCUT2D eigenvalue weighted by Crippen LogP contribution is 2.41. The third-order valence-corrected chi connectivity index (χ3v) is 11.7. The van der Waals surface area contributed by atoms with Gasteiger partial charge in [-0.15, -0.1) is 23.1 Å². The van der Waals surface area contributed by atoms with Gasteiger partial charge in [-0.1, -0.05) is 67.4 Å². The molecule has 0 spiro atoms. The number of esters is 1. The van der Waals surface area contributed by atoms with Gasteiger partial charge >= 0.3 is 5.97 Å². The Morgan fingerprint density at radius 2 is 1.50 bits per heavy atom. The van der Waals surface area contributed by atoms with E-state index >= 15 is 0 Å². The lowest BCUT2D eigenvalue weighted by molar-refractivity contribution is -0.116. The Bertz CT molecular complexity index is 2220. The van der Waals surface area contributed by atoms with E-state index in [1.807, 2.05) is 36.4 Å². The molecule has 10 nitrogen and oxygen atoms in total. The number of benzene rings is 4.